The lowest BCUT2D eigenvalue weighted by atomic mass is 9.68. The van der Waals surface area contributed by atoms with E-state index in [1.165, 1.54) is 37.9 Å². The lowest BCUT2D eigenvalue weighted by Crippen LogP contribution is -2.51. The first-order valence-electron chi connectivity index (χ1n) is 10.1. The Bertz CT molecular complexity index is 803. The molecule has 0 aliphatic carbocycles. The molecule has 0 amide bonds. The van der Waals surface area contributed by atoms with E-state index in [1.807, 2.05) is 12.1 Å². The van der Waals surface area contributed by atoms with Crippen molar-refractivity contribution in [1.29, 1.82) is 5.26 Å². The van der Waals surface area contributed by atoms with Gasteiger partial charge in [0.25, 0.3) is 0 Å². The Morgan fingerprint density at radius 3 is 2.63 bits per heavy atom. The molecule has 0 bridgehead atoms. The van der Waals surface area contributed by atoms with Gasteiger partial charge >= 0.3 is 0 Å². The van der Waals surface area contributed by atoms with E-state index >= 15 is 0 Å². The number of pyridine rings is 1. The van der Waals surface area contributed by atoms with Crippen LogP contribution in [0.2, 0.25) is 0 Å². The number of rotatable bonds is 3. The number of aromatic nitrogens is 1. The molecule has 0 saturated carbocycles. The molecular weight excluding hydrogens is 332 g/mol. The Hall–Kier alpha value is -2.38. The first-order valence-corrected chi connectivity index (χ1v) is 10.1. The van der Waals surface area contributed by atoms with Crippen LogP contribution in [0.25, 0.3) is 0 Å². The van der Waals surface area contributed by atoms with E-state index in [9.17, 15) is 5.26 Å². The molecule has 1 aromatic carbocycles. The van der Waals surface area contributed by atoms with Gasteiger partial charge in [-0.1, -0.05) is 37.3 Å². The minimum Gasteiger partial charge on any atom is -0.355 e. The second-order valence-corrected chi connectivity index (χ2v) is 8.11. The summed E-state index contributed by atoms with van der Waals surface area (Å²) in [5, 5.41) is 9.40. The van der Waals surface area contributed by atoms with Crippen LogP contribution in [0.1, 0.15) is 43.2 Å². The minimum absolute atomic E-state index is 0.382. The Balaban J connectivity index is 1.51. The molecule has 2 fully saturated rings. The number of anilines is 1. The van der Waals surface area contributed by atoms with Gasteiger partial charge in [0, 0.05) is 32.4 Å². The van der Waals surface area contributed by atoms with Crippen molar-refractivity contribution in [3.05, 3.63) is 59.8 Å². The number of piperidine rings is 2. The lowest BCUT2D eigenvalue weighted by molar-refractivity contribution is 0.0543. The van der Waals surface area contributed by atoms with Gasteiger partial charge in [-0.3, -0.25) is 0 Å². The zero-order chi connectivity index (χ0) is 18.7. The van der Waals surface area contributed by atoms with Crippen LogP contribution in [-0.4, -0.2) is 42.6 Å². The maximum absolute atomic E-state index is 9.40. The third kappa shape index (κ3) is 3.70. The second kappa shape index (κ2) is 7.70. The highest BCUT2D eigenvalue weighted by molar-refractivity contribution is 5.53. The summed E-state index contributed by atoms with van der Waals surface area (Å²) >= 11 is 0. The van der Waals surface area contributed by atoms with Crippen molar-refractivity contribution in [2.75, 3.05) is 37.6 Å². The van der Waals surface area contributed by atoms with Gasteiger partial charge in [0.2, 0.25) is 0 Å². The van der Waals surface area contributed by atoms with Crippen LogP contribution < -0.4 is 4.90 Å². The average Bonchev–Trinajstić information content (AvgIpc) is 2.74. The summed E-state index contributed by atoms with van der Waals surface area (Å²) in [6.45, 7) is 7.76. The first-order chi connectivity index (χ1) is 13.2. The largest absolute Gasteiger partial charge is 0.355 e. The van der Waals surface area contributed by atoms with Crippen molar-refractivity contribution in [1.82, 2.24) is 9.88 Å². The summed E-state index contributed by atoms with van der Waals surface area (Å²) in [6.07, 6.45) is 5.42. The molecule has 140 valence electrons. The summed E-state index contributed by atoms with van der Waals surface area (Å²) in [5.41, 5.74) is 2.55. The van der Waals surface area contributed by atoms with Crippen molar-refractivity contribution in [3.8, 4) is 6.07 Å². The van der Waals surface area contributed by atoms with E-state index in [2.05, 4.69) is 58.1 Å². The molecule has 0 unspecified atom stereocenters. The molecule has 0 N–H and O–H groups in total. The van der Waals surface area contributed by atoms with Gasteiger partial charge in [0.05, 0.1) is 5.56 Å². The standard InChI is InChI=1S/C23H28N4/c1-2-26-17-21(19-7-4-3-5-8-19)15-23(18-26)10-13-27(14-11-23)22-20(16-24)9-6-12-25-22/h3-9,12,21H,2,10-11,13-15,17-18H2,1H3/t21-/m1/s1. The lowest BCUT2D eigenvalue weighted by Gasteiger charge is -2.50. The van der Waals surface area contributed by atoms with E-state index in [-0.39, 0.29) is 0 Å². The van der Waals surface area contributed by atoms with Crippen LogP contribution in [0.4, 0.5) is 5.82 Å². The molecule has 27 heavy (non-hydrogen) atoms. The zero-order valence-electron chi connectivity index (χ0n) is 16.1. The average molecular weight is 361 g/mol. The normalized spacial score (nSPS) is 22.5. The van der Waals surface area contributed by atoms with Crippen molar-refractivity contribution in [2.24, 2.45) is 5.41 Å². The van der Waals surface area contributed by atoms with Crippen molar-refractivity contribution < 1.29 is 0 Å². The molecule has 2 saturated heterocycles. The monoisotopic (exact) mass is 360 g/mol. The number of likely N-dealkylation sites (N-methyl/N-ethyl adjacent to an activating group) is 1. The molecule has 0 radical (unpaired) electrons. The van der Waals surface area contributed by atoms with Gasteiger partial charge in [-0.2, -0.15) is 5.26 Å². The van der Waals surface area contributed by atoms with E-state index in [1.54, 1.807) is 6.20 Å². The topological polar surface area (TPSA) is 43.2 Å². The molecule has 4 heteroatoms. The molecule has 1 aromatic heterocycles. The summed E-state index contributed by atoms with van der Waals surface area (Å²) in [6, 6.07) is 17.0. The Morgan fingerprint density at radius 1 is 1.15 bits per heavy atom. The molecule has 1 spiro atoms. The molecule has 3 heterocycles. The predicted molar refractivity (Wildman–Crippen MR) is 109 cm³/mol. The van der Waals surface area contributed by atoms with Gasteiger partial charge < -0.3 is 9.80 Å². The van der Waals surface area contributed by atoms with Gasteiger partial charge in [-0.05, 0) is 54.8 Å². The van der Waals surface area contributed by atoms with Crippen molar-refractivity contribution >= 4 is 5.82 Å². The highest BCUT2D eigenvalue weighted by Gasteiger charge is 2.42. The predicted octanol–water partition coefficient (Wildman–Crippen LogP) is 4.05. The Kier molecular flexibility index (Phi) is 5.13. The molecule has 2 aliphatic heterocycles. The summed E-state index contributed by atoms with van der Waals surface area (Å²) in [7, 11) is 0. The number of hydrogen-bond acceptors (Lipinski definition) is 4. The van der Waals surface area contributed by atoms with Crippen molar-refractivity contribution in [3.63, 3.8) is 0 Å². The van der Waals surface area contributed by atoms with Gasteiger partial charge in [0.15, 0.2) is 0 Å². The smallest absolute Gasteiger partial charge is 0.146 e. The fourth-order valence-electron chi connectivity index (χ4n) is 4.98. The molecular formula is C23H28N4. The fraction of sp³-hybridized carbons (Fsp3) is 0.478. The van der Waals surface area contributed by atoms with E-state index < -0.39 is 0 Å². The van der Waals surface area contributed by atoms with E-state index in [0.29, 0.717) is 16.9 Å². The van der Waals surface area contributed by atoms with Gasteiger partial charge in [0.1, 0.15) is 11.9 Å². The van der Waals surface area contributed by atoms with Gasteiger partial charge in [-0.25, -0.2) is 4.98 Å². The van der Waals surface area contributed by atoms with E-state index in [4.69, 9.17) is 0 Å². The van der Waals surface area contributed by atoms with Crippen LogP contribution >= 0.6 is 0 Å². The maximum Gasteiger partial charge on any atom is 0.146 e. The van der Waals surface area contributed by atoms with E-state index in [0.717, 1.165) is 25.5 Å². The Labute approximate surface area is 162 Å². The molecule has 2 aromatic rings. The first kappa shape index (κ1) is 18.0. The molecule has 4 rings (SSSR count). The van der Waals surface area contributed by atoms with Crippen LogP contribution in [-0.2, 0) is 0 Å². The number of nitrogens with zero attached hydrogens (tertiary/aromatic N) is 4. The minimum atomic E-state index is 0.382. The zero-order valence-corrected chi connectivity index (χ0v) is 16.1. The quantitative estimate of drug-likeness (QED) is 0.828. The number of likely N-dealkylation sites (tertiary alicyclic amines) is 1. The number of benzene rings is 1. The Morgan fingerprint density at radius 2 is 1.93 bits per heavy atom. The number of nitriles is 1. The summed E-state index contributed by atoms with van der Waals surface area (Å²) < 4.78 is 0. The van der Waals surface area contributed by atoms with Gasteiger partial charge in [-0.15, -0.1) is 0 Å². The summed E-state index contributed by atoms with van der Waals surface area (Å²) in [5.74, 6) is 1.48. The molecule has 2 aliphatic rings. The number of hydrogen-bond donors (Lipinski definition) is 0. The summed E-state index contributed by atoms with van der Waals surface area (Å²) in [4.78, 5) is 9.44. The SMILES string of the molecule is CCN1C[C@H](c2ccccc2)CC2(CCN(c3ncccc3C#N)CC2)C1. The third-order valence-electron chi connectivity index (χ3n) is 6.47. The fourth-order valence-corrected chi connectivity index (χ4v) is 4.98. The van der Waals surface area contributed by atoms with Crippen LogP contribution in [0.15, 0.2) is 48.7 Å². The second-order valence-electron chi connectivity index (χ2n) is 8.11. The highest BCUT2D eigenvalue weighted by atomic mass is 15.2. The van der Waals surface area contributed by atoms with Crippen LogP contribution in [0, 0.1) is 16.7 Å². The molecule has 4 nitrogen and oxygen atoms in total. The third-order valence-corrected chi connectivity index (χ3v) is 6.47. The van der Waals surface area contributed by atoms with Crippen LogP contribution in [0.3, 0.4) is 0 Å². The van der Waals surface area contributed by atoms with Crippen molar-refractivity contribution in [2.45, 2.75) is 32.1 Å². The van der Waals surface area contributed by atoms with Crippen LogP contribution in [0.5, 0.6) is 0 Å². The molecule has 1 atom stereocenters. The highest BCUT2D eigenvalue weighted by Crippen LogP contribution is 2.45. The maximum atomic E-state index is 9.40.